The van der Waals surface area contributed by atoms with Crippen molar-refractivity contribution in [3.05, 3.63) is 17.7 Å². The highest BCUT2D eigenvalue weighted by molar-refractivity contribution is 6.20. The van der Waals surface area contributed by atoms with Crippen LogP contribution in [0.4, 0.5) is 0 Å². The van der Waals surface area contributed by atoms with E-state index >= 15 is 0 Å². The molecule has 0 spiro atoms. The Balaban J connectivity index is 3.67. The predicted molar refractivity (Wildman–Crippen MR) is 46.4 cm³/mol. The van der Waals surface area contributed by atoms with E-state index < -0.39 is 11.9 Å². The largest absolute Gasteiger partial charge is 0.463 e. The van der Waals surface area contributed by atoms with Gasteiger partial charge in [0, 0.05) is 6.08 Å². The molecular formula is C8H10N2O4. The average molecular weight is 198 g/mol. The summed E-state index contributed by atoms with van der Waals surface area (Å²) in [6.45, 7) is 1.90. The van der Waals surface area contributed by atoms with Gasteiger partial charge in [-0.05, 0) is 13.0 Å². The molecule has 0 atom stereocenters. The summed E-state index contributed by atoms with van der Waals surface area (Å²) in [7, 11) is 0. The molecule has 0 aliphatic carbocycles. The van der Waals surface area contributed by atoms with Gasteiger partial charge in [-0.15, -0.1) is 0 Å². The standard InChI is InChI=1S/C8H10N2O4/c1-2-13-7(11)4-3-5-14-8(12)6-10-9/h3-4,6H,2,5H2,1H3/b4-3+. The lowest BCUT2D eigenvalue weighted by Gasteiger charge is -1.94. The molecule has 0 saturated carbocycles. The van der Waals surface area contributed by atoms with Crippen LogP contribution in [-0.4, -0.2) is 36.2 Å². The first-order chi connectivity index (χ1) is 6.70. The summed E-state index contributed by atoms with van der Waals surface area (Å²) in [5.41, 5.74) is 7.93. The summed E-state index contributed by atoms with van der Waals surface area (Å²) in [4.78, 5) is 23.7. The van der Waals surface area contributed by atoms with Crippen molar-refractivity contribution in [3.63, 3.8) is 0 Å². The Bertz CT molecular complexity index is 279. The van der Waals surface area contributed by atoms with E-state index in [0.717, 1.165) is 6.08 Å². The fourth-order valence-electron chi connectivity index (χ4n) is 0.549. The Hall–Kier alpha value is -1.94. The third-order valence-electron chi connectivity index (χ3n) is 1.03. The number of hydrogen-bond acceptors (Lipinski definition) is 4. The molecule has 0 bridgehead atoms. The van der Waals surface area contributed by atoms with Gasteiger partial charge < -0.3 is 15.0 Å². The van der Waals surface area contributed by atoms with Gasteiger partial charge in [-0.1, -0.05) is 0 Å². The SMILES string of the molecule is CCOC(=O)/C=C/COC(=O)C=[N+]=[N-]. The van der Waals surface area contributed by atoms with Gasteiger partial charge in [0.15, 0.2) is 0 Å². The lowest BCUT2D eigenvalue weighted by atomic mass is 10.5. The van der Waals surface area contributed by atoms with E-state index in [1.165, 1.54) is 6.08 Å². The van der Waals surface area contributed by atoms with Crippen LogP contribution in [0.3, 0.4) is 0 Å². The maximum Gasteiger partial charge on any atom is 0.413 e. The van der Waals surface area contributed by atoms with Gasteiger partial charge in [-0.2, -0.15) is 4.79 Å². The summed E-state index contributed by atoms with van der Waals surface area (Å²) >= 11 is 0. The van der Waals surface area contributed by atoms with Crippen molar-refractivity contribution < 1.29 is 23.9 Å². The smallest absolute Gasteiger partial charge is 0.413 e. The topological polar surface area (TPSA) is 89.0 Å². The molecule has 0 aromatic rings. The molecular weight excluding hydrogens is 188 g/mol. The van der Waals surface area contributed by atoms with Crippen LogP contribution in [-0.2, 0) is 19.1 Å². The zero-order chi connectivity index (χ0) is 10.8. The van der Waals surface area contributed by atoms with Gasteiger partial charge in [0.1, 0.15) is 6.61 Å². The Kier molecular flexibility index (Phi) is 6.63. The number of ether oxygens (including phenoxy) is 2. The minimum Gasteiger partial charge on any atom is -0.463 e. The van der Waals surface area contributed by atoms with Gasteiger partial charge in [0.05, 0.1) is 6.61 Å². The molecule has 0 unspecified atom stereocenters. The fraction of sp³-hybridized carbons (Fsp3) is 0.375. The van der Waals surface area contributed by atoms with Crippen molar-refractivity contribution in [2.45, 2.75) is 6.92 Å². The highest BCUT2D eigenvalue weighted by Crippen LogP contribution is 1.82. The van der Waals surface area contributed by atoms with Crippen molar-refractivity contribution in [1.29, 1.82) is 0 Å². The number of esters is 2. The van der Waals surface area contributed by atoms with Crippen LogP contribution >= 0.6 is 0 Å². The predicted octanol–water partition coefficient (Wildman–Crippen LogP) is -0.0505. The molecule has 0 aromatic carbocycles. The second kappa shape index (κ2) is 7.70. The Morgan fingerprint density at radius 2 is 2.07 bits per heavy atom. The molecule has 0 aliphatic rings. The Morgan fingerprint density at radius 3 is 2.64 bits per heavy atom. The van der Waals surface area contributed by atoms with Gasteiger partial charge in [0.2, 0.25) is 0 Å². The number of rotatable bonds is 5. The van der Waals surface area contributed by atoms with Crippen molar-refractivity contribution >= 4 is 18.2 Å². The van der Waals surface area contributed by atoms with Crippen molar-refractivity contribution in [2.75, 3.05) is 13.2 Å². The van der Waals surface area contributed by atoms with Crippen molar-refractivity contribution in [1.82, 2.24) is 0 Å². The van der Waals surface area contributed by atoms with Gasteiger partial charge in [0.25, 0.3) is 0 Å². The van der Waals surface area contributed by atoms with E-state index in [9.17, 15) is 9.59 Å². The van der Waals surface area contributed by atoms with E-state index in [1.54, 1.807) is 6.92 Å². The maximum absolute atomic E-state index is 10.7. The minimum absolute atomic E-state index is 0.0797. The first-order valence-corrected chi connectivity index (χ1v) is 3.88. The van der Waals surface area contributed by atoms with Crippen LogP contribution in [0.15, 0.2) is 12.2 Å². The first kappa shape index (κ1) is 12.1. The highest BCUT2D eigenvalue weighted by atomic mass is 16.5. The normalized spacial score (nSPS) is 9.21. The van der Waals surface area contributed by atoms with Crippen LogP contribution < -0.4 is 0 Å². The molecule has 14 heavy (non-hydrogen) atoms. The quantitative estimate of drug-likeness (QED) is 0.203. The van der Waals surface area contributed by atoms with E-state index in [2.05, 4.69) is 14.3 Å². The zero-order valence-corrected chi connectivity index (χ0v) is 7.67. The van der Waals surface area contributed by atoms with Gasteiger partial charge in [-0.25, -0.2) is 9.59 Å². The minimum atomic E-state index is -0.791. The summed E-state index contributed by atoms with van der Waals surface area (Å²) in [6, 6.07) is 0. The van der Waals surface area contributed by atoms with E-state index in [0.29, 0.717) is 12.8 Å². The summed E-state index contributed by atoms with van der Waals surface area (Å²) in [6.07, 6.45) is 3.08. The number of nitrogens with zero attached hydrogens (tertiary/aromatic N) is 2. The van der Waals surface area contributed by atoms with Gasteiger partial charge in [-0.3, -0.25) is 0 Å². The third kappa shape index (κ3) is 6.75. The van der Waals surface area contributed by atoms with E-state index in [-0.39, 0.29) is 6.61 Å². The van der Waals surface area contributed by atoms with Gasteiger partial charge >= 0.3 is 18.2 Å². The van der Waals surface area contributed by atoms with Crippen molar-refractivity contribution in [2.24, 2.45) is 0 Å². The molecule has 0 aliphatic heterocycles. The molecule has 6 heteroatoms. The summed E-state index contributed by atoms with van der Waals surface area (Å²) in [5.74, 6) is -1.29. The highest BCUT2D eigenvalue weighted by Gasteiger charge is 2.00. The molecule has 0 rings (SSSR count). The number of hydrogen-bond donors (Lipinski definition) is 0. The second-order valence-electron chi connectivity index (χ2n) is 2.03. The molecule has 0 radical (unpaired) electrons. The monoisotopic (exact) mass is 198 g/mol. The molecule has 0 fully saturated rings. The summed E-state index contributed by atoms with van der Waals surface area (Å²) in [5, 5.41) is 0. The number of carbonyl (C=O) groups excluding carboxylic acids is 2. The van der Waals surface area contributed by atoms with Crippen LogP contribution in [0.2, 0.25) is 0 Å². The molecule has 0 aromatic heterocycles. The number of carbonyl (C=O) groups is 2. The Labute approximate surface area is 80.7 Å². The average Bonchev–Trinajstić information content (AvgIpc) is 2.13. The molecule has 0 saturated heterocycles. The van der Waals surface area contributed by atoms with E-state index in [4.69, 9.17) is 5.53 Å². The van der Waals surface area contributed by atoms with Crippen LogP contribution in [0, 0.1) is 0 Å². The molecule has 0 heterocycles. The maximum atomic E-state index is 10.7. The van der Waals surface area contributed by atoms with Crippen LogP contribution in [0.25, 0.3) is 5.53 Å². The van der Waals surface area contributed by atoms with E-state index in [1.807, 2.05) is 0 Å². The first-order valence-electron chi connectivity index (χ1n) is 3.88. The fourth-order valence-corrected chi connectivity index (χ4v) is 0.549. The molecule has 6 nitrogen and oxygen atoms in total. The molecule has 76 valence electrons. The Morgan fingerprint density at radius 1 is 1.36 bits per heavy atom. The summed E-state index contributed by atoms with van der Waals surface area (Å²) < 4.78 is 9.03. The lowest BCUT2D eigenvalue weighted by molar-refractivity contribution is -0.139. The second-order valence-corrected chi connectivity index (χ2v) is 2.03. The van der Waals surface area contributed by atoms with Crippen molar-refractivity contribution in [3.8, 4) is 0 Å². The van der Waals surface area contributed by atoms with Crippen LogP contribution in [0.1, 0.15) is 6.92 Å². The molecule has 0 N–H and O–H groups in total. The lowest BCUT2D eigenvalue weighted by Crippen LogP contribution is -2.06. The molecule has 0 amide bonds. The van der Waals surface area contributed by atoms with Crippen LogP contribution in [0.5, 0.6) is 0 Å². The zero-order valence-electron chi connectivity index (χ0n) is 7.67. The third-order valence-corrected chi connectivity index (χ3v) is 1.03.